The maximum absolute atomic E-state index is 12.6. The van der Waals surface area contributed by atoms with Crippen LogP contribution in [0.25, 0.3) is 0 Å². The van der Waals surface area contributed by atoms with Gasteiger partial charge in [0.1, 0.15) is 5.76 Å². The first-order valence-corrected chi connectivity index (χ1v) is 7.74. The smallest absolute Gasteiger partial charge is 0.253 e. The van der Waals surface area contributed by atoms with E-state index in [0.717, 1.165) is 55.2 Å². The van der Waals surface area contributed by atoms with Gasteiger partial charge < -0.3 is 9.32 Å². The highest BCUT2D eigenvalue weighted by molar-refractivity contribution is 5.94. The number of piperazine rings is 1. The van der Waals surface area contributed by atoms with Crippen LogP contribution >= 0.6 is 0 Å². The van der Waals surface area contributed by atoms with Gasteiger partial charge >= 0.3 is 0 Å². The molecular formula is C18H22N2O2. The Morgan fingerprint density at radius 1 is 1.09 bits per heavy atom. The maximum Gasteiger partial charge on any atom is 0.253 e. The largest absolute Gasteiger partial charge is 0.468 e. The van der Waals surface area contributed by atoms with Crippen LogP contribution in [0.2, 0.25) is 0 Å². The third-order valence-corrected chi connectivity index (χ3v) is 4.09. The number of carbonyl (C=O) groups excluding carboxylic acids is 1. The number of hydrogen-bond acceptors (Lipinski definition) is 3. The fourth-order valence-electron chi connectivity index (χ4n) is 3.01. The Morgan fingerprint density at radius 2 is 1.77 bits per heavy atom. The molecule has 116 valence electrons. The molecule has 0 aliphatic carbocycles. The van der Waals surface area contributed by atoms with Crippen molar-refractivity contribution in [2.45, 2.75) is 20.4 Å². The molecule has 0 bridgehead atoms. The highest BCUT2D eigenvalue weighted by atomic mass is 16.3. The number of rotatable bonds is 3. The van der Waals surface area contributed by atoms with Gasteiger partial charge in [0.2, 0.25) is 0 Å². The quantitative estimate of drug-likeness (QED) is 0.874. The molecule has 4 heteroatoms. The van der Waals surface area contributed by atoms with E-state index in [9.17, 15) is 4.79 Å². The van der Waals surface area contributed by atoms with E-state index in [4.69, 9.17) is 4.42 Å². The van der Waals surface area contributed by atoms with E-state index in [1.54, 1.807) is 6.26 Å². The van der Waals surface area contributed by atoms with Crippen molar-refractivity contribution in [1.29, 1.82) is 0 Å². The molecule has 0 unspecified atom stereocenters. The molecule has 1 aliphatic rings. The molecule has 0 radical (unpaired) electrons. The van der Waals surface area contributed by atoms with Gasteiger partial charge in [-0.2, -0.15) is 0 Å². The number of carbonyl (C=O) groups is 1. The molecular weight excluding hydrogens is 276 g/mol. The van der Waals surface area contributed by atoms with Crippen LogP contribution in [0, 0.1) is 13.8 Å². The second-order valence-electron chi connectivity index (χ2n) is 6.02. The lowest BCUT2D eigenvalue weighted by Crippen LogP contribution is -2.48. The number of aryl methyl sites for hydroxylation is 2. The molecule has 1 aromatic heterocycles. The molecule has 22 heavy (non-hydrogen) atoms. The van der Waals surface area contributed by atoms with E-state index < -0.39 is 0 Å². The summed E-state index contributed by atoms with van der Waals surface area (Å²) in [5.41, 5.74) is 3.08. The Labute approximate surface area is 131 Å². The number of benzene rings is 1. The summed E-state index contributed by atoms with van der Waals surface area (Å²) in [6, 6.07) is 9.95. The van der Waals surface area contributed by atoms with Gasteiger partial charge in [0.05, 0.1) is 12.8 Å². The van der Waals surface area contributed by atoms with Crippen LogP contribution in [0.4, 0.5) is 0 Å². The van der Waals surface area contributed by atoms with Crippen LogP contribution < -0.4 is 0 Å². The summed E-state index contributed by atoms with van der Waals surface area (Å²) in [5, 5.41) is 0. The van der Waals surface area contributed by atoms with Crippen molar-refractivity contribution in [2.75, 3.05) is 26.2 Å². The van der Waals surface area contributed by atoms with Gasteiger partial charge in [-0.25, -0.2) is 0 Å². The number of hydrogen-bond donors (Lipinski definition) is 0. The lowest BCUT2D eigenvalue weighted by Gasteiger charge is -2.34. The van der Waals surface area contributed by atoms with E-state index in [2.05, 4.69) is 11.0 Å². The molecule has 0 N–H and O–H groups in total. The minimum Gasteiger partial charge on any atom is -0.468 e. The first-order chi connectivity index (χ1) is 10.6. The minimum absolute atomic E-state index is 0.143. The Morgan fingerprint density at radius 3 is 2.36 bits per heavy atom. The van der Waals surface area contributed by atoms with Crippen molar-refractivity contribution in [3.05, 3.63) is 59.0 Å². The van der Waals surface area contributed by atoms with E-state index >= 15 is 0 Å². The second kappa shape index (κ2) is 6.36. The second-order valence-corrected chi connectivity index (χ2v) is 6.02. The molecule has 4 nitrogen and oxygen atoms in total. The molecule has 2 aromatic rings. The molecule has 1 aromatic carbocycles. The first kappa shape index (κ1) is 14.9. The molecule has 1 fully saturated rings. The zero-order valence-electron chi connectivity index (χ0n) is 13.2. The highest BCUT2D eigenvalue weighted by Crippen LogP contribution is 2.14. The van der Waals surface area contributed by atoms with Gasteiger partial charge in [0, 0.05) is 31.7 Å². The van der Waals surface area contributed by atoms with Crippen LogP contribution in [-0.4, -0.2) is 41.9 Å². The third-order valence-electron chi connectivity index (χ3n) is 4.09. The maximum atomic E-state index is 12.6. The SMILES string of the molecule is Cc1cc(C)cc(C(=O)N2CCN(Cc3ccco3)CC2)c1. The predicted octanol–water partition coefficient (Wildman–Crippen LogP) is 2.85. The standard InChI is InChI=1S/C18H22N2O2/c1-14-10-15(2)12-16(11-14)18(21)20-7-5-19(6-8-20)13-17-4-3-9-22-17/h3-4,9-12H,5-8,13H2,1-2H3. The topological polar surface area (TPSA) is 36.7 Å². The third kappa shape index (κ3) is 3.39. The highest BCUT2D eigenvalue weighted by Gasteiger charge is 2.22. The van der Waals surface area contributed by atoms with Gasteiger partial charge in [-0.1, -0.05) is 17.2 Å². The average molecular weight is 298 g/mol. The number of furan rings is 1. The summed E-state index contributed by atoms with van der Waals surface area (Å²) >= 11 is 0. The van der Waals surface area contributed by atoms with Crippen LogP contribution in [0.5, 0.6) is 0 Å². The van der Waals surface area contributed by atoms with Crippen molar-refractivity contribution in [1.82, 2.24) is 9.80 Å². The molecule has 1 amide bonds. The van der Waals surface area contributed by atoms with Crippen molar-refractivity contribution in [2.24, 2.45) is 0 Å². The normalized spacial score (nSPS) is 16.0. The van der Waals surface area contributed by atoms with Gasteiger partial charge in [-0.15, -0.1) is 0 Å². The minimum atomic E-state index is 0.143. The summed E-state index contributed by atoms with van der Waals surface area (Å²) < 4.78 is 5.38. The summed E-state index contributed by atoms with van der Waals surface area (Å²) in [7, 11) is 0. The monoisotopic (exact) mass is 298 g/mol. The van der Waals surface area contributed by atoms with Crippen molar-refractivity contribution >= 4 is 5.91 Å². The Balaban J connectivity index is 1.59. The molecule has 3 rings (SSSR count). The lowest BCUT2D eigenvalue weighted by molar-refractivity contribution is 0.0620. The first-order valence-electron chi connectivity index (χ1n) is 7.74. The zero-order valence-corrected chi connectivity index (χ0v) is 13.2. The summed E-state index contributed by atoms with van der Waals surface area (Å²) in [4.78, 5) is 16.9. The van der Waals surface area contributed by atoms with Crippen molar-refractivity contribution in [3.63, 3.8) is 0 Å². The molecule has 0 spiro atoms. The summed E-state index contributed by atoms with van der Waals surface area (Å²) in [5.74, 6) is 1.12. The predicted molar refractivity (Wildman–Crippen MR) is 85.8 cm³/mol. The van der Waals surface area contributed by atoms with Crippen LogP contribution in [-0.2, 0) is 6.54 Å². The molecule has 2 heterocycles. The van der Waals surface area contributed by atoms with Crippen LogP contribution in [0.15, 0.2) is 41.0 Å². The molecule has 0 saturated carbocycles. The zero-order chi connectivity index (χ0) is 15.5. The van der Waals surface area contributed by atoms with E-state index in [1.165, 1.54) is 0 Å². The van der Waals surface area contributed by atoms with Crippen molar-refractivity contribution < 1.29 is 9.21 Å². The van der Waals surface area contributed by atoms with Gasteiger partial charge in [-0.3, -0.25) is 9.69 Å². The fraction of sp³-hybridized carbons (Fsp3) is 0.389. The van der Waals surface area contributed by atoms with E-state index in [0.29, 0.717) is 0 Å². The Hall–Kier alpha value is -2.07. The Bertz CT molecular complexity index is 621. The summed E-state index contributed by atoms with van der Waals surface area (Å²) in [6.07, 6.45) is 1.70. The van der Waals surface area contributed by atoms with Gasteiger partial charge in [0.15, 0.2) is 0 Å². The van der Waals surface area contributed by atoms with E-state index in [1.807, 2.05) is 43.0 Å². The molecule has 1 aliphatic heterocycles. The fourth-order valence-corrected chi connectivity index (χ4v) is 3.01. The molecule has 1 saturated heterocycles. The molecule has 0 atom stereocenters. The van der Waals surface area contributed by atoms with E-state index in [-0.39, 0.29) is 5.91 Å². The van der Waals surface area contributed by atoms with Crippen molar-refractivity contribution in [3.8, 4) is 0 Å². The summed E-state index contributed by atoms with van der Waals surface area (Å²) in [6.45, 7) is 8.20. The van der Waals surface area contributed by atoms with Gasteiger partial charge in [-0.05, 0) is 38.1 Å². The van der Waals surface area contributed by atoms with Gasteiger partial charge in [0.25, 0.3) is 5.91 Å². The Kier molecular flexibility index (Phi) is 4.29. The number of amides is 1. The van der Waals surface area contributed by atoms with Crippen LogP contribution in [0.3, 0.4) is 0 Å². The average Bonchev–Trinajstić information content (AvgIpc) is 2.99. The number of nitrogens with zero attached hydrogens (tertiary/aromatic N) is 2. The van der Waals surface area contributed by atoms with Crippen LogP contribution in [0.1, 0.15) is 27.2 Å². The lowest BCUT2D eigenvalue weighted by atomic mass is 10.1.